The third-order valence-electron chi connectivity index (χ3n) is 7.14. The van der Waals surface area contributed by atoms with E-state index < -0.39 is 23.2 Å². The summed E-state index contributed by atoms with van der Waals surface area (Å²) in [6.45, 7) is 11.9. The van der Waals surface area contributed by atoms with E-state index in [1.807, 2.05) is 0 Å². The molecule has 1 nitrogen and oxygen atoms in total. The summed E-state index contributed by atoms with van der Waals surface area (Å²) < 4.78 is 5.93. The van der Waals surface area contributed by atoms with Crippen molar-refractivity contribution in [1.82, 2.24) is 4.57 Å². The van der Waals surface area contributed by atoms with Crippen molar-refractivity contribution < 1.29 is 48.0 Å². The molecule has 0 bridgehead atoms. The van der Waals surface area contributed by atoms with Gasteiger partial charge < -0.3 is 24.8 Å². The topological polar surface area (TPSA) is 4.93 Å². The molecule has 1 unspecified atom stereocenters. The van der Waals surface area contributed by atoms with Crippen molar-refractivity contribution in [3.63, 3.8) is 0 Å². The Morgan fingerprint density at radius 1 is 0.839 bits per heavy atom. The molecule has 31 heavy (non-hydrogen) atoms. The Morgan fingerprint density at radius 3 is 2.23 bits per heavy atom. The average molecular weight is 528 g/mol. The van der Waals surface area contributed by atoms with Gasteiger partial charge in [-0.25, -0.2) is 0 Å². The van der Waals surface area contributed by atoms with Gasteiger partial charge in [0.1, 0.15) is 0 Å². The maximum Gasteiger partial charge on any atom is -1.00 e. The third-order valence-corrected chi connectivity index (χ3v) is 11.9. The van der Waals surface area contributed by atoms with Gasteiger partial charge >= 0.3 is 186 Å². The van der Waals surface area contributed by atoms with Gasteiger partial charge in [-0.3, -0.25) is 0 Å². The van der Waals surface area contributed by atoms with Crippen molar-refractivity contribution in [1.29, 1.82) is 0 Å². The number of fused-ring (bicyclic) bond motifs is 2. The number of allylic oxidation sites excluding steroid dienone is 5. The van der Waals surface area contributed by atoms with Gasteiger partial charge in [-0.15, -0.1) is 0 Å². The van der Waals surface area contributed by atoms with Crippen LogP contribution in [0.4, 0.5) is 0 Å². The Hall–Kier alpha value is -1.34. The fourth-order valence-corrected chi connectivity index (χ4v) is 9.51. The van der Waals surface area contributed by atoms with E-state index in [9.17, 15) is 0 Å². The number of aromatic nitrogens is 1. The van der Waals surface area contributed by atoms with Gasteiger partial charge in [-0.2, -0.15) is 0 Å². The van der Waals surface area contributed by atoms with Gasteiger partial charge in [-0.1, -0.05) is 0 Å². The van der Waals surface area contributed by atoms with Gasteiger partial charge in [-0.05, 0) is 0 Å². The molecule has 1 heterocycles. The van der Waals surface area contributed by atoms with Crippen LogP contribution in [0.25, 0.3) is 17.0 Å². The van der Waals surface area contributed by atoms with Crippen LogP contribution in [-0.2, 0) is 23.2 Å². The minimum Gasteiger partial charge on any atom is -1.00 e. The fourth-order valence-electron chi connectivity index (χ4n) is 5.03. The fraction of sp³-hybridized carbons (Fsp3) is 0.259. The van der Waals surface area contributed by atoms with Crippen LogP contribution in [0.15, 0.2) is 84.1 Å². The van der Waals surface area contributed by atoms with Crippen molar-refractivity contribution in [3.05, 3.63) is 95.2 Å². The summed E-state index contributed by atoms with van der Waals surface area (Å²) in [4.78, 5) is 0. The van der Waals surface area contributed by atoms with E-state index in [4.69, 9.17) is 0 Å². The molecule has 2 aliphatic carbocycles. The normalized spacial score (nSPS) is 19.0. The smallest absolute Gasteiger partial charge is 1.00 e. The number of benzene rings is 2. The molecule has 0 fully saturated rings. The summed E-state index contributed by atoms with van der Waals surface area (Å²) in [7, 11) is 0. The Bertz CT molecular complexity index is 1240. The molecule has 158 valence electrons. The predicted molar refractivity (Wildman–Crippen MR) is 119 cm³/mol. The Kier molecular flexibility index (Phi) is 6.97. The van der Waals surface area contributed by atoms with Crippen LogP contribution in [0.3, 0.4) is 0 Å². The Balaban J connectivity index is 0.00000136. The Labute approximate surface area is 209 Å². The molecule has 3 aromatic rings. The summed E-state index contributed by atoms with van der Waals surface area (Å²) in [5, 5.41) is 1.33. The molecular weight excluding hydrogens is 500 g/mol. The van der Waals surface area contributed by atoms with Crippen LogP contribution in [0, 0.1) is 5.41 Å². The van der Waals surface area contributed by atoms with E-state index in [1.165, 1.54) is 27.6 Å². The van der Waals surface area contributed by atoms with Crippen LogP contribution in [0.1, 0.15) is 51.8 Å². The monoisotopic (exact) mass is 525 g/mol. The first-order valence-corrected chi connectivity index (χ1v) is 12.9. The van der Waals surface area contributed by atoms with Gasteiger partial charge in [0.15, 0.2) is 0 Å². The Morgan fingerprint density at radius 2 is 1.52 bits per heavy atom. The van der Waals surface area contributed by atoms with Gasteiger partial charge in [0.25, 0.3) is 0 Å². The average Bonchev–Trinajstić information content (AvgIpc) is 3.33. The second-order valence-corrected chi connectivity index (χ2v) is 12.2. The SMILES string of the molecule is CC1=C(C)C(C)(C)[C]([Zr+2][C]2=Cc3ccccc3C2n2ccc3ccccc32)=C1C.[Cl-].[Cl-]. The van der Waals surface area contributed by atoms with Crippen molar-refractivity contribution in [2.45, 2.75) is 40.7 Å². The summed E-state index contributed by atoms with van der Waals surface area (Å²) in [5.41, 5.74) is 9.05. The first-order valence-electron chi connectivity index (χ1n) is 10.4. The van der Waals surface area contributed by atoms with E-state index in [1.54, 1.807) is 17.7 Å². The van der Waals surface area contributed by atoms with E-state index in [0.29, 0.717) is 6.04 Å². The molecule has 4 heteroatoms. The molecule has 5 rings (SSSR count). The summed E-state index contributed by atoms with van der Waals surface area (Å²) >= 11 is -0.931. The van der Waals surface area contributed by atoms with Crippen LogP contribution in [-0.4, -0.2) is 4.57 Å². The largest absolute Gasteiger partial charge is 1.00 e. The summed E-state index contributed by atoms with van der Waals surface area (Å²) in [5.74, 6) is 0. The summed E-state index contributed by atoms with van der Waals surface area (Å²) in [6, 6.07) is 20.4. The second-order valence-electron chi connectivity index (χ2n) is 8.91. The van der Waals surface area contributed by atoms with Crippen LogP contribution >= 0.6 is 0 Å². The quantitative estimate of drug-likeness (QED) is 0.485. The number of hydrogen-bond donors (Lipinski definition) is 0. The van der Waals surface area contributed by atoms with Crippen LogP contribution < -0.4 is 24.8 Å². The van der Waals surface area contributed by atoms with Crippen molar-refractivity contribution in [3.8, 4) is 0 Å². The standard InChI is InChI=1S/C17H12N.C10H15.2ClH.Zr/c1-3-7-15-13(5-1)9-10-17(15)18-12-11-14-6-2-4-8-16(14)18;1-7-6-10(4,5)9(3)8(7)2;;;/h1-9,11-12,17H;1-5H3;2*1H;/q;;;;+2/p-2. The second kappa shape index (κ2) is 8.89. The molecule has 1 aromatic heterocycles. The third kappa shape index (κ3) is 3.76. The maximum absolute atomic E-state index is 2.51. The van der Waals surface area contributed by atoms with Gasteiger partial charge in [0.05, 0.1) is 0 Å². The maximum atomic E-state index is 2.51. The zero-order valence-electron chi connectivity index (χ0n) is 18.6. The molecular formula is C27H27Cl2NZr. The first-order chi connectivity index (χ1) is 13.9. The van der Waals surface area contributed by atoms with Crippen molar-refractivity contribution in [2.75, 3.05) is 0 Å². The molecule has 0 aliphatic heterocycles. The number of para-hydroxylation sites is 1. The van der Waals surface area contributed by atoms with E-state index >= 15 is 0 Å². The predicted octanol–water partition coefficient (Wildman–Crippen LogP) is 1.33. The zero-order valence-corrected chi connectivity index (χ0v) is 22.6. The van der Waals surface area contributed by atoms with E-state index in [0.717, 1.165) is 0 Å². The first kappa shape index (κ1) is 24.3. The molecule has 0 N–H and O–H groups in total. The van der Waals surface area contributed by atoms with Crippen LogP contribution in [0.2, 0.25) is 0 Å². The molecule has 0 radical (unpaired) electrons. The number of nitrogens with zero attached hydrogens (tertiary/aromatic N) is 1. The molecule has 0 amide bonds. The molecule has 0 spiro atoms. The number of halogens is 2. The minimum absolute atomic E-state index is 0. The number of rotatable bonds is 3. The van der Waals surface area contributed by atoms with Gasteiger partial charge in [0.2, 0.25) is 0 Å². The molecule has 1 atom stereocenters. The van der Waals surface area contributed by atoms with E-state index in [2.05, 4.69) is 106 Å². The van der Waals surface area contributed by atoms with Crippen LogP contribution in [0.5, 0.6) is 0 Å². The van der Waals surface area contributed by atoms with E-state index in [-0.39, 0.29) is 30.2 Å². The summed E-state index contributed by atoms with van der Waals surface area (Å²) in [6.07, 6.45) is 4.81. The number of hydrogen-bond acceptors (Lipinski definition) is 0. The van der Waals surface area contributed by atoms with Crippen molar-refractivity contribution >= 4 is 17.0 Å². The molecule has 0 saturated heterocycles. The van der Waals surface area contributed by atoms with Gasteiger partial charge in [0, 0.05) is 0 Å². The molecule has 2 aliphatic rings. The van der Waals surface area contributed by atoms with Crippen molar-refractivity contribution in [2.24, 2.45) is 5.41 Å². The molecule has 2 aromatic carbocycles. The zero-order chi connectivity index (χ0) is 20.3. The minimum atomic E-state index is -0.931. The molecule has 0 saturated carbocycles.